The van der Waals surface area contributed by atoms with Crippen LogP contribution in [0.4, 0.5) is 0 Å². The first kappa shape index (κ1) is 15.7. The van der Waals surface area contributed by atoms with Crippen molar-refractivity contribution in [1.29, 1.82) is 0 Å². The molecular formula is C17H19BrN2O. The van der Waals surface area contributed by atoms with Crippen LogP contribution < -0.4 is 5.32 Å². The van der Waals surface area contributed by atoms with E-state index in [0.29, 0.717) is 12.1 Å². The van der Waals surface area contributed by atoms with Gasteiger partial charge in [-0.25, -0.2) is 0 Å². The minimum Gasteiger partial charge on any atom is -0.351 e. The van der Waals surface area contributed by atoms with Gasteiger partial charge in [0.05, 0.1) is 5.56 Å². The van der Waals surface area contributed by atoms with Gasteiger partial charge in [-0.15, -0.1) is 0 Å². The third-order valence-electron chi connectivity index (χ3n) is 3.19. The average Bonchev–Trinajstić information content (AvgIpc) is 2.48. The molecule has 2 aromatic carbocycles. The van der Waals surface area contributed by atoms with Crippen molar-refractivity contribution in [2.75, 3.05) is 20.1 Å². The zero-order chi connectivity index (χ0) is 15.1. The van der Waals surface area contributed by atoms with E-state index in [1.54, 1.807) is 0 Å². The summed E-state index contributed by atoms with van der Waals surface area (Å²) in [5.74, 6) is -0.0458. The first-order valence-corrected chi connectivity index (χ1v) is 7.71. The molecule has 0 aliphatic carbocycles. The minimum absolute atomic E-state index is 0.0458. The van der Waals surface area contributed by atoms with Gasteiger partial charge in [0.25, 0.3) is 5.91 Å². The second-order valence-electron chi connectivity index (χ2n) is 4.96. The molecule has 0 bridgehead atoms. The average molecular weight is 347 g/mol. The Balaban J connectivity index is 1.76. The molecule has 2 aromatic rings. The van der Waals surface area contributed by atoms with Crippen LogP contribution in [0.5, 0.6) is 0 Å². The van der Waals surface area contributed by atoms with Crippen molar-refractivity contribution in [1.82, 2.24) is 10.2 Å². The van der Waals surface area contributed by atoms with Gasteiger partial charge >= 0.3 is 0 Å². The Morgan fingerprint density at radius 1 is 1.10 bits per heavy atom. The van der Waals surface area contributed by atoms with Crippen LogP contribution in [0.3, 0.4) is 0 Å². The summed E-state index contributed by atoms with van der Waals surface area (Å²) in [6.45, 7) is 2.32. The number of amides is 1. The van der Waals surface area contributed by atoms with Crippen LogP contribution in [0.1, 0.15) is 15.9 Å². The van der Waals surface area contributed by atoms with Gasteiger partial charge in [0.2, 0.25) is 0 Å². The van der Waals surface area contributed by atoms with Gasteiger partial charge in [-0.1, -0.05) is 42.5 Å². The number of rotatable bonds is 6. The molecule has 0 aromatic heterocycles. The third kappa shape index (κ3) is 4.99. The second kappa shape index (κ2) is 7.96. The molecule has 0 fully saturated rings. The van der Waals surface area contributed by atoms with Gasteiger partial charge in [-0.3, -0.25) is 4.79 Å². The summed E-state index contributed by atoms with van der Waals surface area (Å²) in [7, 11) is 2.05. The Morgan fingerprint density at radius 3 is 2.48 bits per heavy atom. The summed E-state index contributed by atoms with van der Waals surface area (Å²) >= 11 is 3.39. The molecule has 0 aliphatic rings. The molecule has 0 spiro atoms. The number of hydrogen-bond donors (Lipinski definition) is 1. The van der Waals surface area contributed by atoms with Crippen LogP contribution in [0.15, 0.2) is 59.1 Å². The zero-order valence-electron chi connectivity index (χ0n) is 12.1. The van der Waals surface area contributed by atoms with Crippen LogP contribution in [-0.2, 0) is 6.54 Å². The summed E-state index contributed by atoms with van der Waals surface area (Å²) in [5, 5.41) is 2.95. The summed E-state index contributed by atoms with van der Waals surface area (Å²) in [4.78, 5) is 14.2. The molecule has 0 saturated heterocycles. The van der Waals surface area contributed by atoms with Gasteiger partial charge in [0.15, 0.2) is 0 Å². The van der Waals surface area contributed by atoms with Crippen molar-refractivity contribution in [2.45, 2.75) is 6.54 Å². The number of benzene rings is 2. The maximum atomic E-state index is 12.0. The fourth-order valence-electron chi connectivity index (χ4n) is 2.08. The van der Waals surface area contributed by atoms with Gasteiger partial charge in [0.1, 0.15) is 0 Å². The lowest BCUT2D eigenvalue weighted by Crippen LogP contribution is -2.32. The predicted octanol–water partition coefficient (Wildman–Crippen LogP) is 3.31. The van der Waals surface area contributed by atoms with Crippen molar-refractivity contribution in [3.8, 4) is 0 Å². The van der Waals surface area contributed by atoms with E-state index in [1.165, 1.54) is 5.56 Å². The van der Waals surface area contributed by atoms with Crippen molar-refractivity contribution in [3.05, 3.63) is 70.2 Å². The number of halogens is 1. The fourth-order valence-corrected chi connectivity index (χ4v) is 2.54. The van der Waals surface area contributed by atoms with E-state index in [1.807, 2.05) is 42.5 Å². The lowest BCUT2D eigenvalue weighted by atomic mass is 10.2. The molecule has 0 saturated carbocycles. The summed E-state index contributed by atoms with van der Waals surface area (Å²) in [5.41, 5.74) is 1.94. The quantitative estimate of drug-likeness (QED) is 0.870. The van der Waals surface area contributed by atoms with E-state index in [0.717, 1.165) is 17.6 Å². The highest BCUT2D eigenvalue weighted by Crippen LogP contribution is 2.15. The van der Waals surface area contributed by atoms with Crippen LogP contribution >= 0.6 is 15.9 Å². The van der Waals surface area contributed by atoms with Crippen LogP contribution in [0.25, 0.3) is 0 Å². The molecule has 0 heterocycles. The van der Waals surface area contributed by atoms with Crippen molar-refractivity contribution in [2.24, 2.45) is 0 Å². The number of carbonyl (C=O) groups is 1. The number of carbonyl (C=O) groups excluding carboxylic acids is 1. The highest BCUT2D eigenvalue weighted by atomic mass is 79.9. The van der Waals surface area contributed by atoms with E-state index in [-0.39, 0.29) is 5.91 Å². The first-order chi connectivity index (χ1) is 10.2. The Morgan fingerprint density at radius 2 is 1.76 bits per heavy atom. The largest absolute Gasteiger partial charge is 0.351 e. The predicted molar refractivity (Wildman–Crippen MR) is 89.3 cm³/mol. The van der Waals surface area contributed by atoms with E-state index >= 15 is 0 Å². The number of hydrogen-bond acceptors (Lipinski definition) is 2. The maximum Gasteiger partial charge on any atom is 0.252 e. The Hall–Kier alpha value is -1.65. The Labute approximate surface area is 134 Å². The highest BCUT2D eigenvalue weighted by molar-refractivity contribution is 9.10. The molecule has 0 radical (unpaired) electrons. The van der Waals surface area contributed by atoms with Gasteiger partial charge in [-0.2, -0.15) is 0 Å². The van der Waals surface area contributed by atoms with Gasteiger partial charge in [0, 0.05) is 24.1 Å². The molecule has 110 valence electrons. The van der Waals surface area contributed by atoms with Crippen molar-refractivity contribution in [3.63, 3.8) is 0 Å². The lowest BCUT2D eigenvalue weighted by molar-refractivity contribution is 0.0949. The maximum absolute atomic E-state index is 12.0. The molecule has 0 aliphatic heterocycles. The van der Waals surface area contributed by atoms with Gasteiger partial charge < -0.3 is 10.2 Å². The normalized spacial score (nSPS) is 10.6. The van der Waals surface area contributed by atoms with Crippen LogP contribution in [0, 0.1) is 0 Å². The van der Waals surface area contributed by atoms with Gasteiger partial charge in [-0.05, 0) is 40.7 Å². The molecule has 1 N–H and O–H groups in total. The van der Waals surface area contributed by atoms with E-state index in [9.17, 15) is 4.79 Å². The number of nitrogens with zero attached hydrogens (tertiary/aromatic N) is 1. The highest BCUT2D eigenvalue weighted by Gasteiger charge is 2.08. The minimum atomic E-state index is -0.0458. The molecule has 1 amide bonds. The molecule has 0 unspecified atom stereocenters. The lowest BCUT2D eigenvalue weighted by Gasteiger charge is -2.17. The molecule has 2 rings (SSSR count). The summed E-state index contributed by atoms with van der Waals surface area (Å²) < 4.78 is 0.820. The molecule has 3 nitrogen and oxygen atoms in total. The molecule has 21 heavy (non-hydrogen) atoms. The summed E-state index contributed by atoms with van der Waals surface area (Å²) in [6.07, 6.45) is 0. The topological polar surface area (TPSA) is 32.3 Å². The molecule has 0 atom stereocenters. The molecular weight excluding hydrogens is 328 g/mol. The van der Waals surface area contributed by atoms with E-state index in [4.69, 9.17) is 0 Å². The second-order valence-corrected chi connectivity index (χ2v) is 5.81. The van der Waals surface area contributed by atoms with Crippen molar-refractivity contribution >= 4 is 21.8 Å². The monoisotopic (exact) mass is 346 g/mol. The van der Waals surface area contributed by atoms with E-state index in [2.05, 4.69) is 45.3 Å². The fraction of sp³-hybridized carbons (Fsp3) is 0.235. The summed E-state index contributed by atoms with van der Waals surface area (Å²) in [6, 6.07) is 17.8. The Bertz CT molecular complexity index is 586. The smallest absolute Gasteiger partial charge is 0.252 e. The van der Waals surface area contributed by atoms with Crippen LogP contribution in [0.2, 0.25) is 0 Å². The van der Waals surface area contributed by atoms with Crippen molar-refractivity contribution < 1.29 is 4.79 Å². The third-order valence-corrected chi connectivity index (χ3v) is 3.88. The standard InChI is InChI=1S/C17H19BrN2O/c1-20(13-14-7-3-2-4-8-14)12-11-19-17(21)15-9-5-6-10-16(15)18/h2-10H,11-13H2,1H3,(H,19,21). The zero-order valence-corrected chi connectivity index (χ0v) is 13.6. The van der Waals surface area contributed by atoms with Crippen LogP contribution in [-0.4, -0.2) is 30.9 Å². The Kier molecular flexibility index (Phi) is 5.96. The number of likely N-dealkylation sites (N-methyl/N-ethyl adjacent to an activating group) is 1. The first-order valence-electron chi connectivity index (χ1n) is 6.92. The molecule has 4 heteroatoms. The van der Waals surface area contributed by atoms with E-state index < -0.39 is 0 Å². The SMILES string of the molecule is CN(CCNC(=O)c1ccccc1Br)Cc1ccccc1. The number of nitrogens with one attached hydrogen (secondary N) is 1.